The Morgan fingerprint density at radius 1 is 0.514 bits per heavy atom. The van der Waals surface area contributed by atoms with Crippen LogP contribution in [0.15, 0.2) is 134 Å². The summed E-state index contributed by atoms with van der Waals surface area (Å²) in [5.41, 5.74) is 12.7. The van der Waals surface area contributed by atoms with Gasteiger partial charge in [0.2, 0.25) is 0 Å². The van der Waals surface area contributed by atoms with E-state index < -0.39 is 0 Å². The Labute approximate surface area is 220 Å². The van der Waals surface area contributed by atoms with Crippen molar-refractivity contribution in [1.82, 2.24) is 0 Å². The van der Waals surface area contributed by atoms with E-state index in [1.165, 1.54) is 50.2 Å². The summed E-state index contributed by atoms with van der Waals surface area (Å²) >= 11 is 0. The van der Waals surface area contributed by atoms with Gasteiger partial charge in [-0.15, -0.1) is 0 Å². The van der Waals surface area contributed by atoms with Crippen LogP contribution in [0.25, 0.3) is 33.4 Å². The summed E-state index contributed by atoms with van der Waals surface area (Å²) in [6.07, 6.45) is 4.28. The maximum Gasteiger partial charge on any atom is 0.0461 e. The number of hydrogen-bond donors (Lipinski definition) is 0. The molecule has 37 heavy (non-hydrogen) atoms. The molecule has 180 valence electrons. The van der Waals surface area contributed by atoms with Crippen molar-refractivity contribution in [1.29, 1.82) is 0 Å². The molecule has 1 aliphatic carbocycles. The molecule has 0 saturated carbocycles. The van der Waals surface area contributed by atoms with Gasteiger partial charge >= 0.3 is 0 Å². The molecule has 0 radical (unpaired) electrons. The number of nitrogens with zero attached hydrogens (tertiary/aromatic N) is 1. The molecule has 0 fully saturated rings. The van der Waals surface area contributed by atoms with Crippen LogP contribution in [0.2, 0.25) is 0 Å². The van der Waals surface area contributed by atoms with Crippen LogP contribution in [0.5, 0.6) is 0 Å². The second kappa shape index (κ2) is 9.26. The first-order chi connectivity index (χ1) is 18.1. The summed E-state index contributed by atoms with van der Waals surface area (Å²) in [5, 5.41) is 0. The fourth-order valence-electron chi connectivity index (χ4n) is 5.72. The first kappa shape index (κ1) is 23.1. The SMILES string of the molecule is C/C=C/N(c1ccc(-c2ccccc2)c(-c2ccccc2)c1)c1ccc2c(c1)C(C)(C)c1ccccc1-2. The lowest BCUT2D eigenvalue weighted by Gasteiger charge is -2.26. The van der Waals surface area contributed by atoms with Crippen LogP contribution >= 0.6 is 0 Å². The zero-order chi connectivity index (χ0) is 25.4. The summed E-state index contributed by atoms with van der Waals surface area (Å²) < 4.78 is 0. The van der Waals surface area contributed by atoms with Gasteiger partial charge in [-0.05, 0) is 75.7 Å². The molecule has 0 spiro atoms. The first-order valence-corrected chi connectivity index (χ1v) is 13.0. The van der Waals surface area contributed by atoms with E-state index in [0.29, 0.717) is 0 Å². The van der Waals surface area contributed by atoms with Gasteiger partial charge in [0.15, 0.2) is 0 Å². The number of anilines is 2. The number of hydrogen-bond acceptors (Lipinski definition) is 1. The first-order valence-electron chi connectivity index (χ1n) is 13.0. The van der Waals surface area contributed by atoms with Crippen molar-refractivity contribution in [2.75, 3.05) is 4.90 Å². The van der Waals surface area contributed by atoms with Crippen molar-refractivity contribution in [2.45, 2.75) is 26.2 Å². The number of rotatable bonds is 5. The van der Waals surface area contributed by atoms with Crippen molar-refractivity contribution in [3.8, 4) is 33.4 Å². The summed E-state index contributed by atoms with van der Waals surface area (Å²) in [7, 11) is 0. The fourth-order valence-corrected chi connectivity index (χ4v) is 5.72. The van der Waals surface area contributed by atoms with Gasteiger partial charge in [0.05, 0.1) is 0 Å². The zero-order valence-corrected chi connectivity index (χ0v) is 21.6. The third-order valence-corrected chi connectivity index (χ3v) is 7.59. The molecule has 0 atom stereocenters. The van der Waals surface area contributed by atoms with Crippen molar-refractivity contribution >= 4 is 11.4 Å². The van der Waals surface area contributed by atoms with Crippen LogP contribution in [0.1, 0.15) is 31.9 Å². The Bertz CT molecular complexity index is 1590. The van der Waals surface area contributed by atoms with Gasteiger partial charge in [-0.25, -0.2) is 0 Å². The van der Waals surface area contributed by atoms with E-state index in [9.17, 15) is 0 Å². The highest BCUT2D eigenvalue weighted by molar-refractivity contribution is 5.88. The molecule has 5 aromatic carbocycles. The molecule has 1 aliphatic rings. The van der Waals surface area contributed by atoms with E-state index in [-0.39, 0.29) is 5.41 Å². The average molecular weight is 478 g/mol. The predicted molar refractivity (Wildman–Crippen MR) is 158 cm³/mol. The van der Waals surface area contributed by atoms with Gasteiger partial charge in [0.25, 0.3) is 0 Å². The Morgan fingerprint density at radius 3 is 1.73 bits per heavy atom. The molecule has 0 amide bonds. The minimum Gasteiger partial charge on any atom is -0.317 e. The van der Waals surface area contributed by atoms with Gasteiger partial charge in [0.1, 0.15) is 0 Å². The monoisotopic (exact) mass is 477 g/mol. The summed E-state index contributed by atoms with van der Waals surface area (Å²) in [4.78, 5) is 2.31. The Hall–Kier alpha value is -4.36. The highest BCUT2D eigenvalue weighted by Gasteiger charge is 2.35. The van der Waals surface area contributed by atoms with Gasteiger partial charge in [0, 0.05) is 23.0 Å². The molecule has 0 aromatic heterocycles. The van der Waals surface area contributed by atoms with Crippen LogP contribution in [0.4, 0.5) is 11.4 Å². The van der Waals surface area contributed by atoms with Gasteiger partial charge in [-0.3, -0.25) is 0 Å². The van der Waals surface area contributed by atoms with E-state index >= 15 is 0 Å². The largest absolute Gasteiger partial charge is 0.317 e. The molecule has 1 nitrogen and oxygen atoms in total. The van der Waals surface area contributed by atoms with Crippen molar-refractivity contribution < 1.29 is 0 Å². The summed E-state index contributed by atoms with van der Waals surface area (Å²) in [6, 6.07) is 43.9. The smallest absolute Gasteiger partial charge is 0.0461 e. The molecular formula is C36H31N. The molecule has 1 heteroatoms. The van der Waals surface area contributed by atoms with Gasteiger partial charge < -0.3 is 4.90 Å². The van der Waals surface area contributed by atoms with Crippen LogP contribution in [-0.2, 0) is 5.41 Å². The van der Waals surface area contributed by atoms with E-state index in [1.54, 1.807) is 0 Å². The maximum absolute atomic E-state index is 2.38. The van der Waals surface area contributed by atoms with Crippen molar-refractivity contribution in [2.24, 2.45) is 0 Å². The molecule has 0 N–H and O–H groups in total. The molecule has 5 aromatic rings. The highest BCUT2D eigenvalue weighted by Crippen LogP contribution is 2.50. The van der Waals surface area contributed by atoms with E-state index in [1.807, 2.05) is 0 Å². The lowest BCUT2D eigenvalue weighted by Crippen LogP contribution is -2.16. The standard InChI is InChI=1S/C36H31N/c1-4-23-37(29-20-22-32-31-17-11-12-18-34(31)36(2,3)35(32)25-29)28-19-21-30(26-13-7-5-8-14-26)33(24-28)27-15-9-6-10-16-27/h4-25H,1-3H3/b23-4+. The molecule has 0 saturated heterocycles. The minimum atomic E-state index is -0.0318. The van der Waals surface area contributed by atoms with Crippen LogP contribution < -0.4 is 4.90 Å². The summed E-state index contributed by atoms with van der Waals surface area (Å²) in [6.45, 7) is 6.75. The fraction of sp³-hybridized carbons (Fsp3) is 0.111. The van der Waals surface area contributed by atoms with Crippen LogP contribution in [0, 0.1) is 0 Å². The Kier molecular flexibility index (Phi) is 5.77. The zero-order valence-electron chi connectivity index (χ0n) is 21.6. The molecule has 0 bridgehead atoms. The van der Waals surface area contributed by atoms with Gasteiger partial charge in [-0.1, -0.05) is 117 Å². The second-order valence-electron chi connectivity index (χ2n) is 10.2. The molecule has 0 heterocycles. The second-order valence-corrected chi connectivity index (χ2v) is 10.2. The number of fused-ring (bicyclic) bond motifs is 3. The van der Waals surface area contributed by atoms with Crippen LogP contribution in [0.3, 0.4) is 0 Å². The lowest BCUT2D eigenvalue weighted by molar-refractivity contribution is 0.660. The Balaban J connectivity index is 1.49. The topological polar surface area (TPSA) is 3.24 Å². The lowest BCUT2D eigenvalue weighted by atomic mass is 9.82. The third kappa shape index (κ3) is 3.97. The molecule has 0 unspecified atom stereocenters. The van der Waals surface area contributed by atoms with E-state index in [2.05, 4.69) is 159 Å². The van der Waals surface area contributed by atoms with E-state index in [0.717, 1.165) is 5.69 Å². The molecule has 6 rings (SSSR count). The van der Waals surface area contributed by atoms with Gasteiger partial charge in [-0.2, -0.15) is 0 Å². The number of allylic oxidation sites excluding steroid dienone is 1. The molecular weight excluding hydrogens is 446 g/mol. The highest BCUT2D eigenvalue weighted by atomic mass is 15.1. The summed E-state index contributed by atoms with van der Waals surface area (Å²) in [5.74, 6) is 0. The number of benzene rings is 5. The van der Waals surface area contributed by atoms with Crippen molar-refractivity contribution in [3.63, 3.8) is 0 Å². The maximum atomic E-state index is 2.38. The average Bonchev–Trinajstić information content (AvgIpc) is 3.18. The van der Waals surface area contributed by atoms with E-state index in [4.69, 9.17) is 0 Å². The van der Waals surface area contributed by atoms with Crippen molar-refractivity contribution in [3.05, 3.63) is 145 Å². The predicted octanol–water partition coefficient (Wildman–Crippen LogP) is 10.00. The van der Waals surface area contributed by atoms with Crippen LogP contribution in [-0.4, -0.2) is 0 Å². The molecule has 0 aliphatic heterocycles. The quantitative estimate of drug-likeness (QED) is 0.243. The Morgan fingerprint density at radius 2 is 1.05 bits per heavy atom. The third-order valence-electron chi connectivity index (χ3n) is 7.59. The minimum absolute atomic E-state index is 0.0318. The normalized spacial score (nSPS) is 13.4.